The molecule has 0 aliphatic heterocycles. The second-order valence-electron chi connectivity index (χ2n) is 9.56. The molecular formula is C23H27N3O. The number of aromatic amines is 1. The van der Waals surface area contributed by atoms with Gasteiger partial charge in [0.05, 0.1) is 0 Å². The third kappa shape index (κ3) is 2.81. The van der Waals surface area contributed by atoms with Crippen LogP contribution >= 0.6 is 0 Å². The highest BCUT2D eigenvalue weighted by atomic mass is 16.5. The predicted octanol–water partition coefficient (Wildman–Crippen LogP) is 5.10. The Morgan fingerprint density at radius 3 is 2.52 bits per heavy atom. The average Bonchev–Trinajstić information content (AvgIpc) is 3.25. The lowest BCUT2D eigenvalue weighted by Crippen LogP contribution is -2.47. The van der Waals surface area contributed by atoms with Crippen LogP contribution in [0, 0.1) is 23.2 Å². The van der Waals surface area contributed by atoms with Crippen molar-refractivity contribution in [2.24, 2.45) is 23.2 Å². The normalized spacial score (nSPS) is 31.8. The molecule has 0 unspecified atom stereocenters. The van der Waals surface area contributed by atoms with Crippen LogP contribution in [0.1, 0.15) is 55.8 Å². The lowest BCUT2D eigenvalue weighted by molar-refractivity contribution is -0.0533. The Kier molecular flexibility index (Phi) is 3.51. The lowest BCUT2D eigenvalue weighted by Gasteiger charge is -2.56. The van der Waals surface area contributed by atoms with E-state index in [9.17, 15) is 0 Å². The van der Waals surface area contributed by atoms with Gasteiger partial charge in [0.1, 0.15) is 0 Å². The smallest absolute Gasteiger partial charge is 0.226 e. The molecule has 4 nitrogen and oxygen atoms in total. The largest absolute Gasteiger partial charge is 0.361 e. The lowest BCUT2D eigenvalue weighted by atomic mass is 9.49. The average molecular weight is 361 g/mol. The first-order valence-electron chi connectivity index (χ1n) is 10.6. The van der Waals surface area contributed by atoms with E-state index in [0.717, 1.165) is 48.7 Å². The Balaban J connectivity index is 1.15. The monoisotopic (exact) mass is 361 g/mol. The third-order valence-electron chi connectivity index (χ3n) is 7.49. The number of benzene rings is 1. The van der Waals surface area contributed by atoms with E-state index in [1.165, 1.54) is 55.0 Å². The van der Waals surface area contributed by atoms with Crippen molar-refractivity contribution in [2.75, 3.05) is 0 Å². The van der Waals surface area contributed by atoms with Crippen LogP contribution in [0.5, 0.6) is 0 Å². The highest BCUT2D eigenvalue weighted by Crippen LogP contribution is 2.60. The van der Waals surface area contributed by atoms with Crippen LogP contribution in [-0.2, 0) is 19.3 Å². The van der Waals surface area contributed by atoms with Crippen molar-refractivity contribution in [3.8, 4) is 0 Å². The molecule has 7 rings (SSSR count). The molecule has 0 amide bonds. The number of nitrogens with zero attached hydrogens (tertiary/aromatic N) is 2. The van der Waals surface area contributed by atoms with Crippen molar-refractivity contribution < 1.29 is 4.52 Å². The SMILES string of the molecule is c1ccc2c(CCc3nc(CC45CC6CC(CC(C6)C4)C5)no3)c[nH]c2c1. The molecule has 4 heteroatoms. The Morgan fingerprint density at radius 1 is 1.00 bits per heavy atom. The van der Waals surface area contributed by atoms with Crippen molar-refractivity contribution in [2.45, 2.75) is 57.8 Å². The van der Waals surface area contributed by atoms with Crippen LogP contribution in [-0.4, -0.2) is 15.1 Å². The summed E-state index contributed by atoms with van der Waals surface area (Å²) in [5.74, 6) is 4.67. The van der Waals surface area contributed by atoms with E-state index in [1.807, 2.05) is 0 Å². The van der Waals surface area contributed by atoms with E-state index in [-0.39, 0.29) is 0 Å². The summed E-state index contributed by atoms with van der Waals surface area (Å²) < 4.78 is 5.62. The first kappa shape index (κ1) is 15.9. The summed E-state index contributed by atoms with van der Waals surface area (Å²) in [5, 5.41) is 5.66. The van der Waals surface area contributed by atoms with Gasteiger partial charge >= 0.3 is 0 Å². The van der Waals surface area contributed by atoms with Crippen LogP contribution in [0.25, 0.3) is 10.9 Å². The summed E-state index contributed by atoms with van der Waals surface area (Å²) in [6.07, 6.45) is 13.6. The third-order valence-corrected chi connectivity index (χ3v) is 7.49. The molecule has 4 saturated carbocycles. The van der Waals surface area contributed by atoms with E-state index in [2.05, 4.69) is 40.6 Å². The molecule has 4 fully saturated rings. The maximum Gasteiger partial charge on any atom is 0.226 e. The van der Waals surface area contributed by atoms with Gasteiger partial charge in [-0.2, -0.15) is 4.98 Å². The molecule has 2 heterocycles. The van der Waals surface area contributed by atoms with Crippen molar-refractivity contribution >= 4 is 10.9 Å². The van der Waals surface area contributed by atoms with Gasteiger partial charge in [0.15, 0.2) is 5.82 Å². The van der Waals surface area contributed by atoms with Gasteiger partial charge in [0, 0.05) is 29.9 Å². The minimum Gasteiger partial charge on any atom is -0.361 e. The van der Waals surface area contributed by atoms with Crippen molar-refractivity contribution in [3.63, 3.8) is 0 Å². The van der Waals surface area contributed by atoms with Gasteiger partial charge in [-0.15, -0.1) is 0 Å². The number of aromatic nitrogens is 3. The summed E-state index contributed by atoms with van der Waals surface area (Å²) in [7, 11) is 0. The fourth-order valence-electron chi connectivity index (χ4n) is 6.89. The second kappa shape index (κ2) is 5.95. The molecule has 3 aromatic rings. The zero-order valence-corrected chi connectivity index (χ0v) is 15.8. The molecule has 0 saturated heterocycles. The highest BCUT2D eigenvalue weighted by Gasteiger charge is 2.51. The molecule has 0 spiro atoms. The minimum atomic E-state index is 0.479. The fourth-order valence-corrected chi connectivity index (χ4v) is 6.89. The topological polar surface area (TPSA) is 54.7 Å². The number of aryl methyl sites for hydroxylation is 2. The molecular weight excluding hydrogens is 334 g/mol. The quantitative estimate of drug-likeness (QED) is 0.688. The summed E-state index contributed by atoms with van der Waals surface area (Å²) in [5.41, 5.74) is 3.00. The molecule has 1 aromatic carbocycles. The zero-order valence-electron chi connectivity index (χ0n) is 15.8. The summed E-state index contributed by atoms with van der Waals surface area (Å²) in [4.78, 5) is 8.13. The van der Waals surface area contributed by atoms with Gasteiger partial charge in [0.25, 0.3) is 0 Å². The Bertz CT molecular complexity index is 934. The van der Waals surface area contributed by atoms with Gasteiger partial charge in [0.2, 0.25) is 5.89 Å². The first-order chi connectivity index (χ1) is 13.2. The van der Waals surface area contributed by atoms with Crippen LogP contribution in [0.15, 0.2) is 35.0 Å². The minimum absolute atomic E-state index is 0.479. The second-order valence-corrected chi connectivity index (χ2v) is 9.56. The van der Waals surface area contributed by atoms with Crippen molar-refractivity contribution in [3.05, 3.63) is 47.7 Å². The summed E-state index contributed by atoms with van der Waals surface area (Å²) in [6, 6.07) is 8.45. The number of fused-ring (bicyclic) bond motifs is 1. The number of para-hydroxylation sites is 1. The van der Waals surface area contributed by atoms with Gasteiger partial charge in [-0.1, -0.05) is 23.4 Å². The van der Waals surface area contributed by atoms with Gasteiger partial charge < -0.3 is 9.51 Å². The van der Waals surface area contributed by atoms with Crippen LogP contribution < -0.4 is 0 Å². The number of rotatable bonds is 5. The number of H-pyrrole nitrogens is 1. The van der Waals surface area contributed by atoms with E-state index in [4.69, 9.17) is 9.51 Å². The highest BCUT2D eigenvalue weighted by molar-refractivity contribution is 5.83. The molecule has 4 bridgehead atoms. The summed E-state index contributed by atoms with van der Waals surface area (Å²) >= 11 is 0. The van der Waals surface area contributed by atoms with Crippen molar-refractivity contribution in [1.82, 2.24) is 15.1 Å². The van der Waals surface area contributed by atoms with Crippen LogP contribution in [0.3, 0.4) is 0 Å². The summed E-state index contributed by atoms with van der Waals surface area (Å²) in [6.45, 7) is 0. The first-order valence-corrected chi connectivity index (χ1v) is 10.6. The van der Waals surface area contributed by atoms with E-state index >= 15 is 0 Å². The Morgan fingerprint density at radius 2 is 1.74 bits per heavy atom. The molecule has 2 aromatic heterocycles. The van der Waals surface area contributed by atoms with Gasteiger partial charge in [-0.25, -0.2) is 0 Å². The molecule has 140 valence electrons. The molecule has 1 N–H and O–H groups in total. The fraction of sp³-hybridized carbons (Fsp3) is 0.565. The number of hydrogen-bond donors (Lipinski definition) is 1. The van der Waals surface area contributed by atoms with Crippen LogP contribution in [0.2, 0.25) is 0 Å². The van der Waals surface area contributed by atoms with E-state index in [0.29, 0.717) is 5.41 Å². The Hall–Kier alpha value is -2.10. The maximum absolute atomic E-state index is 5.62. The molecule has 4 aliphatic rings. The Labute approximate surface area is 159 Å². The molecule has 27 heavy (non-hydrogen) atoms. The molecule has 0 radical (unpaired) electrons. The zero-order chi connectivity index (χ0) is 17.8. The van der Waals surface area contributed by atoms with E-state index < -0.39 is 0 Å². The maximum atomic E-state index is 5.62. The standard InChI is InChI=1S/C23H27N3O/c1-2-4-20-19(3-1)18(14-24-20)5-6-22-25-21(26-27-22)13-23-10-15-7-16(11-23)9-17(8-15)12-23/h1-4,14-17,24H,5-13H2. The molecule has 4 aliphatic carbocycles. The van der Waals surface area contributed by atoms with Gasteiger partial charge in [-0.3, -0.25) is 0 Å². The van der Waals surface area contributed by atoms with Gasteiger partial charge in [-0.05, 0) is 79.7 Å². The number of hydrogen-bond acceptors (Lipinski definition) is 3. The number of nitrogens with one attached hydrogen (secondary N) is 1. The molecule has 0 atom stereocenters. The predicted molar refractivity (Wildman–Crippen MR) is 104 cm³/mol. The van der Waals surface area contributed by atoms with Crippen LogP contribution in [0.4, 0.5) is 0 Å². The van der Waals surface area contributed by atoms with E-state index in [1.54, 1.807) is 0 Å². The van der Waals surface area contributed by atoms with Crippen molar-refractivity contribution in [1.29, 1.82) is 0 Å².